The molecule has 532 valence electrons. The number of guanidine groups is 1. The number of carbonyl (C=O) groups excluding carboxylic acids is 12. The minimum absolute atomic E-state index is 0.00364. The van der Waals surface area contributed by atoms with Crippen LogP contribution in [0.5, 0.6) is 11.5 Å². The Bertz CT molecular complexity index is 3500. The maximum absolute atomic E-state index is 14.9. The molecule has 0 unspecified atom stereocenters. The molecule has 0 radical (unpaired) electrons. The van der Waals surface area contributed by atoms with Gasteiger partial charge in [-0.05, 0) is 85.5 Å². The van der Waals surface area contributed by atoms with E-state index < -0.39 is 169 Å². The quantitative estimate of drug-likeness (QED) is 0.0182. The molecule has 98 heavy (non-hydrogen) atoms. The van der Waals surface area contributed by atoms with E-state index in [4.69, 9.17) is 22.9 Å². The van der Waals surface area contributed by atoms with Crippen molar-refractivity contribution in [2.75, 3.05) is 44.4 Å². The van der Waals surface area contributed by atoms with Crippen molar-refractivity contribution < 1.29 is 78.0 Å². The van der Waals surface area contributed by atoms with Crippen LogP contribution < -0.4 is 76.1 Å². The summed E-state index contributed by atoms with van der Waals surface area (Å²) in [5.41, 5.74) is 24.8. The summed E-state index contributed by atoms with van der Waals surface area (Å²) in [6.45, 7) is 2.35. The van der Waals surface area contributed by atoms with Crippen LogP contribution in [0.25, 0.3) is 10.9 Å². The van der Waals surface area contributed by atoms with E-state index in [1.54, 1.807) is 44.3 Å². The van der Waals surface area contributed by atoms with Crippen molar-refractivity contribution in [3.8, 4) is 11.5 Å². The van der Waals surface area contributed by atoms with Gasteiger partial charge in [-0.1, -0.05) is 77.9 Å². The third-order valence-corrected chi connectivity index (χ3v) is 18.4. The highest BCUT2D eigenvalue weighted by atomic mass is 33.1. The molecule has 0 saturated carbocycles. The Kier molecular flexibility index (Phi) is 29.7. The first-order valence-corrected chi connectivity index (χ1v) is 34.1. The summed E-state index contributed by atoms with van der Waals surface area (Å²) >= 11 is 0. The SMILES string of the molecule is CC(C)[C@@H]1NC(=O)[C@@H](NC(=O)[C@H](Cc2ccc(O)cc2)NC(=O)[C@@H]2CCCN2C(=O)[C@@H](C)N)CSSC[C@@H](C(N)=O)NC(=O)[C@H](CO)NC(=O)[C@H](Cc2c[nH]c3ccccc23)NC(=O)[C@H](CO)NC(=O)CCNC(=O)[C@H](CCCN=C(N)N)NC(=O)[C@H](Cc2ccc(O)cc2)NC1=O. The predicted octanol–water partition coefficient (Wildman–Crippen LogP) is -4.61. The summed E-state index contributed by atoms with van der Waals surface area (Å²) < 4.78 is 0. The van der Waals surface area contributed by atoms with Gasteiger partial charge < -0.3 is 106 Å². The lowest BCUT2D eigenvalue weighted by Crippen LogP contribution is -2.61. The normalized spacial score (nSPS) is 23.2. The van der Waals surface area contributed by atoms with Gasteiger partial charge in [0.1, 0.15) is 71.9 Å². The first-order valence-electron chi connectivity index (χ1n) is 31.6. The molecule has 11 atom stereocenters. The van der Waals surface area contributed by atoms with Gasteiger partial charge in [0.2, 0.25) is 70.9 Å². The fourth-order valence-electron chi connectivity index (χ4n) is 10.6. The van der Waals surface area contributed by atoms with Crippen LogP contribution in [0, 0.1) is 5.92 Å². The lowest BCUT2D eigenvalue weighted by Gasteiger charge is -2.29. The number of phenolic OH excluding ortho intramolecular Hbond substituents is 2. The third kappa shape index (κ3) is 23.3. The number of hydrogen-bond acceptors (Lipinski definition) is 20. The number of rotatable bonds is 19. The van der Waals surface area contributed by atoms with Crippen molar-refractivity contribution in [1.29, 1.82) is 0 Å². The first kappa shape index (κ1) is 77.3. The highest BCUT2D eigenvalue weighted by molar-refractivity contribution is 8.76. The largest absolute Gasteiger partial charge is 0.508 e. The number of amides is 12. The van der Waals surface area contributed by atoms with E-state index >= 15 is 0 Å². The molecule has 0 bridgehead atoms. The molecule has 4 aromatic rings. The summed E-state index contributed by atoms with van der Waals surface area (Å²) in [6.07, 6.45) is 0.970. The average molecular weight is 1400 g/mol. The number of hydrogen-bond donors (Lipinski definition) is 19. The van der Waals surface area contributed by atoms with Crippen LogP contribution in [0.15, 0.2) is 84.0 Å². The maximum atomic E-state index is 14.9. The second-order valence-corrected chi connectivity index (χ2v) is 26.4. The minimum atomic E-state index is -1.80. The van der Waals surface area contributed by atoms with Gasteiger partial charge in [-0.2, -0.15) is 0 Å². The number of phenols is 2. The van der Waals surface area contributed by atoms with Crippen LogP contribution in [0.2, 0.25) is 0 Å². The Labute approximate surface area is 571 Å². The van der Waals surface area contributed by atoms with Gasteiger partial charge >= 0.3 is 0 Å². The molecule has 3 heterocycles. The van der Waals surface area contributed by atoms with E-state index in [1.807, 2.05) is 0 Å². The number of carbonyl (C=O) groups is 12. The zero-order chi connectivity index (χ0) is 71.8. The van der Waals surface area contributed by atoms with Gasteiger partial charge in [0, 0.05) is 73.9 Å². The van der Waals surface area contributed by atoms with Crippen LogP contribution in [0.1, 0.15) is 69.6 Å². The van der Waals surface area contributed by atoms with E-state index in [0.29, 0.717) is 34.0 Å². The summed E-state index contributed by atoms with van der Waals surface area (Å²) in [6, 6.07) is 2.15. The number of benzene rings is 3. The highest BCUT2D eigenvalue weighted by Gasteiger charge is 2.39. The number of para-hydroxylation sites is 1. The molecule has 35 heteroatoms. The zero-order valence-corrected chi connectivity index (χ0v) is 55.9. The van der Waals surface area contributed by atoms with Gasteiger partial charge in [-0.3, -0.25) is 62.5 Å². The number of aliphatic imine (C=N–C) groups is 1. The second kappa shape index (κ2) is 37.7. The van der Waals surface area contributed by atoms with E-state index in [1.165, 1.54) is 60.4 Å². The number of H-pyrrole nitrogens is 1. The van der Waals surface area contributed by atoms with Gasteiger partial charge in [0.15, 0.2) is 5.96 Å². The number of likely N-dealkylation sites (tertiary alicyclic amines) is 1. The van der Waals surface area contributed by atoms with E-state index in [0.717, 1.165) is 21.6 Å². The molecule has 12 amide bonds. The number of fused-ring (bicyclic) bond motifs is 1. The number of nitrogens with two attached hydrogens (primary N) is 4. The fourth-order valence-corrected chi connectivity index (χ4v) is 12.9. The van der Waals surface area contributed by atoms with Crippen LogP contribution in [-0.2, 0) is 76.8 Å². The molecule has 1 aromatic heterocycles. The number of aromatic nitrogens is 1. The lowest BCUT2D eigenvalue weighted by molar-refractivity contribution is -0.140. The maximum Gasteiger partial charge on any atom is 0.245 e. The number of nitrogens with zero attached hydrogens (tertiary/aromatic N) is 2. The van der Waals surface area contributed by atoms with Gasteiger partial charge in [-0.15, -0.1) is 0 Å². The summed E-state index contributed by atoms with van der Waals surface area (Å²) in [5.74, 6) is -13.0. The molecule has 23 N–H and O–H groups in total. The topological polar surface area (TPSA) is 542 Å². The van der Waals surface area contributed by atoms with Gasteiger partial charge in [0.05, 0.1) is 19.3 Å². The molecule has 2 fully saturated rings. The number of nitrogens with one attached hydrogen (secondary N) is 11. The van der Waals surface area contributed by atoms with Gasteiger partial charge in [0.25, 0.3) is 0 Å². The van der Waals surface area contributed by atoms with Crippen LogP contribution >= 0.6 is 21.6 Å². The highest BCUT2D eigenvalue weighted by Crippen LogP contribution is 2.25. The van der Waals surface area contributed by atoms with Crippen molar-refractivity contribution in [2.45, 2.75) is 139 Å². The molecular weight excluding hydrogens is 1310 g/mol. The fraction of sp³-hybridized carbons (Fsp3) is 0.476. The molecule has 3 aromatic carbocycles. The first-order chi connectivity index (χ1) is 46.7. The Hall–Kier alpha value is -9.71. The average Bonchev–Trinajstić information content (AvgIpc) is 1.57. The Balaban J connectivity index is 1.37. The van der Waals surface area contributed by atoms with Crippen molar-refractivity contribution in [2.24, 2.45) is 33.8 Å². The number of aliphatic hydroxyl groups is 2. The molecular formula is C63H87N17O16S2. The summed E-state index contributed by atoms with van der Waals surface area (Å²) in [7, 11) is 1.73. The molecule has 0 aliphatic carbocycles. The van der Waals surface area contributed by atoms with Crippen molar-refractivity contribution >= 4 is 109 Å². The summed E-state index contributed by atoms with van der Waals surface area (Å²) in [4.78, 5) is 178. The minimum Gasteiger partial charge on any atom is -0.508 e. The molecule has 2 aliphatic heterocycles. The van der Waals surface area contributed by atoms with Crippen molar-refractivity contribution in [1.82, 2.24) is 63.1 Å². The smallest absolute Gasteiger partial charge is 0.245 e. The Morgan fingerprint density at radius 3 is 1.89 bits per heavy atom. The van der Waals surface area contributed by atoms with Crippen molar-refractivity contribution in [3.05, 3.63) is 95.7 Å². The second-order valence-electron chi connectivity index (χ2n) is 23.9. The Morgan fingerprint density at radius 2 is 1.26 bits per heavy atom. The van der Waals surface area contributed by atoms with Crippen molar-refractivity contribution in [3.63, 3.8) is 0 Å². The van der Waals surface area contributed by atoms with E-state index in [-0.39, 0.29) is 80.6 Å². The number of aromatic amines is 1. The van der Waals surface area contributed by atoms with E-state index in [9.17, 15) is 78.0 Å². The zero-order valence-electron chi connectivity index (χ0n) is 54.2. The number of aromatic hydroxyl groups is 2. The monoisotopic (exact) mass is 1400 g/mol. The number of primary amides is 1. The van der Waals surface area contributed by atoms with Crippen LogP contribution in [0.3, 0.4) is 0 Å². The standard InChI is InChI=1S/C63H87N17O16S2/c1-32(2)51-61(95)75-43(25-35-14-18-38(84)19-15-35)54(88)72-41(10-6-21-69-63(66)67)53(87)68-22-20-50(85)71-45(28-81)57(91)73-44(26-36-27-70-40-9-5-4-8-39(36)40)56(90)76-46(29-82)58(92)77-47(52(65)86)30-97-98-31-48(59(93)79-51)78-55(89)42(24-34-12-16-37(83)17-13-34)74-60(94)49-11-7-23-80(49)62(96)33(3)64/h4-5,8-9,12-19,27,32-33,41-49,51,70,81-84H,6-7,10-11,20-26,28-31,64H2,1-3H3,(H2,65,86)(H,68,87)(H,71,85)(H,72,88)(H,73,91)(H,74,94)(H,75,95)(H,76,90)(H,77,92)(H,78,89)(H,79,93)(H4,66,67,69)/t33-,41+,42+,43+,44+,45+,46+,47+,48+,49+,51+/m1/s1. The third-order valence-electron chi connectivity index (χ3n) is 16.0. The molecule has 2 aliphatic rings. The number of aliphatic hydroxyl groups excluding tert-OH is 2. The van der Waals surface area contributed by atoms with Gasteiger partial charge in [-0.25, -0.2) is 0 Å². The predicted molar refractivity (Wildman–Crippen MR) is 362 cm³/mol. The Morgan fingerprint density at radius 1 is 0.673 bits per heavy atom. The molecule has 6 rings (SSSR count). The van der Waals surface area contributed by atoms with Crippen LogP contribution in [0.4, 0.5) is 0 Å². The molecule has 2 saturated heterocycles. The van der Waals surface area contributed by atoms with E-state index in [2.05, 4.69) is 63.1 Å². The summed E-state index contributed by atoms with van der Waals surface area (Å²) in [5, 5.41) is 67.5. The molecule has 33 nitrogen and oxygen atoms in total. The van der Waals surface area contributed by atoms with Crippen LogP contribution in [-0.4, -0.2) is 218 Å². The lowest BCUT2D eigenvalue weighted by atomic mass is 10.00. The molecule has 0 spiro atoms.